The monoisotopic (exact) mass is 406 g/mol. The average molecular weight is 407 g/mol. The first-order valence-electron chi connectivity index (χ1n) is 9.78. The van der Waals surface area contributed by atoms with E-state index in [1.165, 1.54) is 5.56 Å². The second-order valence-electron chi connectivity index (χ2n) is 7.62. The van der Waals surface area contributed by atoms with Gasteiger partial charge in [-0.05, 0) is 54.1 Å². The van der Waals surface area contributed by atoms with Gasteiger partial charge >= 0.3 is 5.63 Å². The number of anilines is 1. The summed E-state index contributed by atoms with van der Waals surface area (Å²) in [6.07, 6.45) is 1.65. The number of nitrogens with zero attached hydrogens (tertiary/aromatic N) is 4. The number of aryl methyl sites for hydroxylation is 2. The number of fused-ring (bicyclic) bond motifs is 2. The van der Waals surface area contributed by atoms with Crippen molar-refractivity contribution in [2.75, 3.05) is 31.1 Å². The van der Waals surface area contributed by atoms with Crippen LogP contribution in [0.3, 0.4) is 0 Å². The van der Waals surface area contributed by atoms with Crippen LogP contribution in [0.25, 0.3) is 21.2 Å². The molecule has 1 aromatic carbocycles. The Kier molecular flexibility index (Phi) is 4.56. The van der Waals surface area contributed by atoms with Crippen LogP contribution < -0.4 is 10.5 Å². The van der Waals surface area contributed by atoms with E-state index in [4.69, 9.17) is 4.42 Å². The molecule has 1 aliphatic rings. The first-order chi connectivity index (χ1) is 14.1. The number of aromatic nitrogens is 2. The lowest BCUT2D eigenvalue weighted by molar-refractivity contribution is 0.250. The molecule has 0 amide bonds. The first kappa shape index (κ1) is 18.3. The Morgan fingerprint density at radius 1 is 1.03 bits per heavy atom. The molecule has 1 saturated heterocycles. The van der Waals surface area contributed by atoms with Gasteiger partial charge in [0, 0.05) is 44.2 Å². The zero-order chi connectivity index (χ0) is 20.0. The van der Waals surface area contributed by atoms with Crippen LogP contribution in [0.15, 0.2) is 45.2 Å². The van der Waals surface area contributed by atoms with Crippen molar-refractivity contribution >= 4 is 38.3 Å². The second kappa shape index (κ2) is 7.24. The summed E-state index contributed by atoms with van der Waals surface area (Å²) in [6.45, 7) is 8.52. The summed E-state index contributed by atoms with van der Waals surface area (Å²) in [5, 5.41) is 4.23. The van der Waals surface area contributed by atoms with Crippen molar-refractivity contribution < 1.29 is 4.42 Å². The van der Waals surface area contributed by atoms with E-state index in [-0.39, 0.29) is 5.63 Å². The molecule has 4 aromatic rings. The quantitative estimate of drug-likeness (QED) is 0.483. The van der Waals surface area contributed by atoms with Gasteiger partial charge in [0.1, 0.15) is 22.6 Å². The Balaban J connectivity index is 1.36. The van der Waals surface area contributed by atoms with Crippen molar-refractivity contribution in [2.45, 2.75) is 20.4 Å². The molecular weight excluding hydrogens is 384 g/mol. The van der Waals surface area contributed by atoms with Crippen LogP contribution in [0.1, 0.15) is 16.7 Å². The molecule has 29 heavy (non-hydrogen) atoms. The van der Waals surface area contributed by atoms with Gasteiger partial charge in [-0.25, -0.2) is 14.8 Å². The maximum atomic E-state index is 12.1. The van der Waals surface area contributed by atoms with Gasteiger partial charge in [0.25, 0.3) is 0 Å². The summed E-state index contributed by atoms with van der Waals surface area (Å²) in [5.41, 5.74) is 3.78. The summed E-state index contributed by atoms with van der Waals surface area (Å²) in [5.74, 6) is 1.02. The number of thiophene rings is 1. The second-order valence-corrected chi connectivity index (χ2v) is 8.52. The number of hydrogen-bond donors (Lipinski definition) is 0. The van der Waals surface area contributed by atoms with E-state index in [2.05, 4.69) is 44.2 Å². The van der Waals surface area contributed by atoms with Crippen LogP contribution in [0.4, 0.5) is 5.82 Å². The van der Waals surface area contributed by atoms with E-state index in [1.54, 1.807) is 23.7 Å². The molecule has 1 fully saturated rings. The third-order valence-corrected chi connectivity index (χ3v) is 6.57. The summed E-state index contributed by atoms with van der Waals surface area (Å²) in [7, 11) is 0. The Morgan fingerprint density at radius 2 is 1.83 bits per heavy atom. The largest absolute Gasteiger partial charge is 0.423 e. The van der Waals surface area contributed by atoms with Gasteiger partial charge in [-0.15, -0.1) is 11.3 Å². The van der Waals surface area contributed by atoms with E-state index in [9.17, 15) is 4.79 Å². The molecule has 0 bridgehead atoms. The minimum atomic E-state index is -0.282. The van der Waals surface area contributed by atoms with Gasteiger partial charge < -0.3 is 9.32 Å². The molecule has 7 heteroatoms. The Hall–Kier alpha value is -2.77. The maximum Gasteiger partial charge on any atom is 0.336 e. The van der Waals surface area contributed by atoms with Crippen molar-refractivity contribution in [3.05, 3.63) is 63.1 Å². The molecule has 0 N–H and O–H groups in total. The Bertz CT molecular complexity index is 1250. The summed E-state index contributed by atoms with van der Waals surface area (Å²) >= 11 is 1.65. The Labute approximate surface area is 172 Å². The van der Waals surface area contributed by atoms with Gasteiger partial charge in [0.15, 0.2) is 0 Å². The molecule has 0 atom stereocenters. The van der Waals surface area contributed by atoms with Crippen LogP contribution in [0.5, 0.6) is 0 Å². The number of rotatable bonds is 3. The minimum Gasteiger partial charge on any atom is -0.423 e. The highest BCUT2D eigenvalue weighted by molar-refractivity contribution is 7.16. The third-order valence-electron chi connectivity index (χ3n) is 5.75. The van der Waals surface area contributed by atoms with E-state index in [0.29, 0.717) is 5.58 Å². The molecule has 0 aliphatic carbocycles. The summed E-state index contributed by atoms with van der Waals surface area (Å²) in [6, 6.07) is 7.84. The molecule has 0 spiro atoms. The standard InChI is InChI=1S/C22H22N4O2S/c1-14-9-18-16(11-20(27)28-19(18)10-15(14)2)12-25-4-6-26(7-5-25)21-17-3-8-29-22(17)24-13-23-21/h3,8-11,13H,4-7,12H2,1-2H3. The zero-order valence-electron chi connectivity index (χ0n) is 16.5. The molecule has 148 valence electrons. The highest BCUT2D eigenvalue weighted by atomic mass is 32.1. The lowest BCUT2D eigenvalue weighted by atomic mass is 10.0. The molecule has 3 aromatic heterocycles. The van der Waals surface area contributed by atoms with Gasteiger partial charge in [-0.3, -0.25) is 4.90 Å². The fraction of sp³-hybridized carbons (Fsp3) is 0.318. The SMILES string of the molecule is Cc1cc2oc(=O)cc(CN3CCN(c4ncnc5sccc45)CC3)c2cc1C. The molecule has 0 radical (unpaired) electrons. The topological polar surface area (TPSA) is 62.5 Å². The fourth-order valence-electron chi connectivity index (χ4n) is 4.00. The number of hydrogen-bond acceptors (Lipinski definition) is 7. The highest BCUT2D eigenvalue weighted by Gasteiger charge is 2.21. The van der Waals surface area contributed by atoms with Crippen molar-refractivity contribution in [3.63, 3.8) is 0 Å². The molecule has 5 rings (SSSR count). The van der Waals surface area contributed by atoms with Gasteiger partial charge in [0.2, 0.25) is 0 Å². The van der Waals surface area contributed by atoms with Crippen molar-refractivity contribution in [3.8, 4) is 0 Å². The number of piperazine rings is 1. The minimum absolute atomic E-state index is 0.282. The van der Waals surface area contributed by atoms with Crippen LogP contribution in [-0.4, -0.2) is 41.0 Å². The van der Waals surface area contributed by atoms with Crippen molar-refractivity contribution in [2.24, 2.45) is 0 Å². The molecule has 0 unspecified atom stereocenters. The van der Waals surface area contributed by atoms with Crippen molar-refractivity contribution in [1.29, 1.82) is 0 Å². The highest BCUT2D eigenvalue weighted by Crippen LogP contribution is 2.28. The first-order valence-corrected chi connectivity index (χ1v) is 10.7. The average Bonchev–Trinajstić information content (AvgIpc) is 3.19. The van der Waals surface area contributed by atoms with Gasteiger partial charge in [-0.1, -0.05) is 0 Å². The van der Waals surface area contributed by atoms with Crippen LogP contribution in [0.2, 0.25) is 0 Å². The number of benzene rings is 1. The molecular formula is C22H22N4O2S. The van der Waals surface area contributed by atoms with Gasteiger partial charge in [-0.2, -0.15) is 0 Å². The maximum absolute atomic E-state index is 12.1. The van der Waals surface area contributed by atoms with E-state index in [1.807, 2.05) is 13.0 Å². The predicted octanol–water partition coefficient (Wildman–Crippen LogP) is 3.74. The smallest absolute Gasteiger partial charge is 0.336 e. The van der Waals surface area contributed by atoms with Crippen molar-refractivity contribution in [1.82, 2.24) is 14.9 Å². The lowest BCUT2D eigenvalue weighted by Gasteiger charge is -2.35. The molecule has 6 nitrogen and oxygen atoms in total. The van der Waals surface area contributed by atoms with Crippen LogP contribution in [0, 0.1) is 13.8 Å². The van der Waals surface area contributed by atoms with E-state index >= 15 is 0 Å². The Morgan fingerprint density at radius 3 is 2.66 bits per heavy atom. The molecule has 4 heterocycles. The fourth-order valence-corrected chi connectivity index (χ4v) is 4.73. The lowest BCUT2D eigenvalue weighted by Crippen LogP contribution is -2.46. The van der Waals surface area contributed by atoms with E-state index < -0.39 is 0 Å². The van der Waals surface area contributed by atoms with Gasteiger partial charge in [0.05, 0.1) is 5.39 Å². The zero-order valence-corrected chi connectivity index (χ0v) is 17.3. The normalized spacial score (nSPS) is 15.4. The third kappa shape index (κ3) is 3.41. The summed E-state index contributed by atoms with van der Waals surface area (Å²) in [4.78, 5) is 26.7. The predicted molar refractivity (Wildman–Crippen MR) is 117 cm³/mol. The molecule has 1 aliphatic heterocycles. The van der Waals surface area contributed by atoms with E-state index in [0.717, 1.165) is 65.3 Å². The summed E-state index contributed by atoms with van der Waals surface area (Å²) < 4.78 is 5.44. The van der Waals surface area contributed by atoms with Crippen LogP contribution in [-0.2, 0) is 6.54 Å². The molecule has 0 saturated carbocycles. The van der Waals surface area contributed by atoms with Crippen LogP contribution >= 0.6 is 11.3 Å².